The van der Waals surface area contributed by atoms with Crippen LogP contribution in [-0.4, -0.2) is 79.5 Å². The van der Waals surface area contributed by atoms with Gasteiger partial charge in [0.15, 0.2) is 0 Å². The second-order valence-electron chi connectivity index (χ2n) is 7.57. The van der Waals surface area contributed by atoms with E-state index in [-0.39, 0.29) is 24.9 Å². The van der Waals surface area contributed by atoms with Crippen LogP contribution in [0.1, 0.15) is 12.8 Å². The number of hydrogen-bond donors (Lipinski definition) is 1. The summed E-state index contributed by atoms with van der Waals surface area (Å²) in [5.41, 5.74) is 1.25. The lowest BCUT2D eigenvalue weighted by Crippen LogP contribution is -2.51. The molecule has 4 rings (SSSR count). The Hall–Kier alpha value is -1.73. The van der Waals surface area contributed by atoms with Crippen LogP contribution in [0, 0.1) is 0 Å². The van der Waals surface area contributed by atoms with E-state index in [1.54, 1.807) is 0 Å². The van der Waals surface area contributed by atoms with Gasteiger partial charge >= 0.3 is 0 Å². The minimum atomic E-state index is -2.72. The van der Waals surface area contributed by atoms with Gasteiger partial charge in [-0.1, -0.05) is 18.2 Å². The lowest BCUT2D eigenvalue weighted by molar-refractivity contribution is -0.133. The molecule has 0 aromatic heterocycles. The van der Waals surface area contributed by atoms with E-state index in [2.05, 4.69) is 39.4 Å². The highest BCUT2D eigenvalue weighted by Crippen LogP contribution is 2.28. The molecule has 3 fully saturated rings. The Balaban J connectivity index is 1.28. The third-order valence-corrected chi connectivity index (χ3v) is 5.84. The fourth-order valence-electron chi connectivity index (χ4n) is 4.31. The van der Waals surface area contributed by atoms with Crippen molar-refractivity contribution in [2.45, 2.75) is 30.8 Å². The van der Waals surface area contributed by atoms with Crippen molar-refractivity contribution in [1.82, 2.24) is 15.1 Å². The summed E-state index contributed by atoms with van der Waals surface area (Å²) < 4.78 is 26.7. The van der Waals surface area contributed by atoms with Crippen molar-refractivity contribution in [2.75, 3.05) is 50.7 Å². The highest BCUT2D eigenvalue weighted by molar-refractivity contribution is 5.82. The van der Waals surface area contributed by atoms with Crippen LogP contribution in [0.4, 0.5) is 14.5 Å². The van der Waals surface area contributed by atoms with Crippen molar-refractivity contribution in [3.8, 4) is 0 Å². The second-order valence-corrected chi connectivity index (χ2v) is 7.57. The number of halogens is 2. The quantitative estimate of drug-likeness (QED) is 0.880. The molecule has 1 amide bonds. The molecule has 3 saturated heterocycles. The molecule has 3 heterocycles. The number of hydrogen-bond acceptors (Lipinski definition) is 4. The molecule has 1 aromatic rings. The zero-order valence-corrected chi connectivity index (χ0v) is 14.9. The molecule has 1 N–H and O–H groups in total. The molecular formula is C19H26F2N4O. The number of carbonyl (C=O) groups is 1. The molecule has 0 spiro atoms. The minimum absolute atomic E-state index is 0.160. The Kier molecular flexibility index (Phi) is 4.84. The van der Waals surface area contributed by atoms with Crippen LogP contribution in [0.25, 0.3) is 0 Å². The molecule has 26 heavy (non-hydrogen) atoms. The number of rotatable bonds is 3. The van der Waals surface area contributed by atoms with Gasteiger partial charge in [0, 0.05) is 57.4 Å². The highest BCUT2D eigenvalue weighted by Gasteiger charge is 2.43. The lowest BCUT2D eigenvalue weighted by Gasteiger charge is -2.39. The van der Waals surface area contributed by atoms with Crippen LogP contribution < -0.4 is 10.2 Å². The van der Waals surface area contributed by atoms with Gasteiger partial charge in [-0.25, -0.2) is 8.78 Å². The van der Waals surface area contributed by atoms with Crippen LogP contribution in [0.15, 0.2) is 30.3 Å². The van der Waals surface area contributed by atoms with E-state index in [4.69, 9.17) is 0 Å². The highest BCUT2D eigenvalue weighted by atomic mass is 19.3. The predicted octanol–water partition coefficient (Wildman–Crippen LogP) is 1.41. The molecule has 0 aliphatic carbocycles. The Morgan fingerprint density at radius 2 is 1.81 bits per heavy atom. The van der Waals surface area contributed by atoms with Crippen molar-refractivity contribution in [1.29, 1.82) is 0 Å². The van der Waals surface area contributed by atoms with Crippen molar-refractivity contribution in [3.63, 3.8) is 0 Å². The SMILES string of the molecule is O=C([C@@H]1C[C@H](N2CCN(c3ccccc3)CC2)CN1)N1CCC(F)(F)C1. The smallest absolute Gasteiger partial charge is 0.267 e. The van der Waals surface area contributed by atoms with Gasteiger partial charge < -0.3 is 15.1 Å². The zero-order chi connectivity index (χ0) is 18.1. The Bertz CT molecular complexity index is 634. The van der Waals surface area contributed by atoms with Gasteiger partial charge in [-0.05, 0) is 18.6 Å². The maximum absolute atomic E-state index is 13.4. The molecule has 5 nitrogen and oxygen atoms in total. The van der Waals surface area contributed by atoms with Crippen LogP contribution in [-0.2, 0) is 4.79 Å². The van der Waals surface area contributed by atoms with Crippen molar-refractivity contribution >= 4 is 11.6 Å². The van der Waals surface area contributed by atoms with Crippen LogP contribution >= 0.6 is 0 Å². The van der Waals surface area contributed by atoms with Crippen LogP contribution in [0.2, 0.25) is 0 Å². The average Bonchev–Trinajstić information content (AvgIpc) is 3.29. The van der Waals surface area contributed by atoms with E-state index in [0.29, 0.717) is 12.5 Å². The number of likely N-dealkylation sites (tertiary alicyclic amines) is 1. The van der Waals surface area contributed by atoms with Gasteiger partial charge in [0.25, 0.3) is 5.92 Å². The summed E-state index contributed by atoms with van der Waals surface area (Å²) in [5, 5.41) is 3.26. The molecule has 0 unspecified atom stereocenters. The van der Waals surface area contributed by atoms with Gasteiger partial charge in [0.2, 0.25) is 5.91 Å². The number of benzene rings is 1. The first-order chi connectivity index (χ1) is 12.5. The van der Waals surface area contributed by atoms with Gasteiger partial charge in [0.05, 0.1) is 12.6 Å². The van der Waals surface area contributed by atoms with E-state index < -0.39 is 12.5 Å². The summed E-state index contributed by atoms with van der Waals surface area (Å²) in [6, 6.07) is 10.4. The summed E-state index contributed by atoms with van der Waals surface area (Å²) in [5.74, 6) is -2.88. The summed E-state index contributed by atoms with van der Waals surface area (Å²) in [4.78, 5) is 18.6. The molecule has 3 aliphatic heterocycles. The van der Waals surface area contributed by atoms with Crippen molar-refractivity contribution in [2.24, 2.45) is 0 Å². The van der Waals surface area contributed by atoms with Crippen LogP contribution in [0.3, 0.4) is 0 Å². The first-order valence-corrected chi connectivity index (χ1v) is 9.46. The minimum Gasteiger partial charge on any atom is -0.369 e. The largest absolute Gasteiger partial charge is 0.369 e. The summed E-state index contributed by atoms with van der Waals surface area (Å²) in [6.07, 6.45) is 0.503. The van der Waals surface area contributed by atoms with Crippen LogP contribution in [0.5, 0.6) is 0 Å². The Labute approximate surface area is 152 Å². The first-order valence-electron chi connectivity index (χ1n) is 9.46. The first kappa shape index (κ1) is 17.7. The van der Waals surface area contributed by atoms with Gasteiger partial charge in [0.1, 0.15) is 0 Å². The molecule has 0 radical (unpaired) electrons. The third kappa shape index (κ3) is 3.69. The van der Waals surface area contributed by atoms with Crippen molar-refractivity contribution in [3.05, 3.63) is 30.3 Å². The van der Waals surface area contributed by atoms with E-state index in [1.807, 2.05) is 6.07 Å². The monoisotopic (exact) mass is 364 g/mol. The number of nitrogens with one attached hydrogen (secondary N) is 1. The number of alkyl halides is 2. The molecule has 0 bridgehead atoms. The molecule has 142 valence electrons. The number of amides is 1. The van der Waals surface area contributed by atoms with Gasteiger partial charge in [-0.15, -0.1) is 0 Å². The molecule has 0 saturated carbocycles. The number of anilines is 1. The summed E-state index contributed by atoms with van der Waals surface area (Å²) in [6.45, 7) is 4.36. The van der Waals surface area contributed by atoms with E-state index in [9.17, 15) is 13.6 Å². The maximum atomic E-state index is 13.4. The fraction of sp³-hybridized carbons (Fsp3) is 0.632. The van der Waals surface area contributed by atoms with E-state index in [1.165, 1.54) is 10.6 Å². The lowest BCUT2D eigenvalue weighted by atomic mass is 10.1. The van der Waals surface area contributed by atoms with E-state index in [0.717, 1.165) is 32.7 Å². The second kappa shape index (κ2) is 7.12. The number of nitrogens with zero attached hydrogens (tertiary/aromatic N) is 3. The number of para-hydroxylation sites is 1. The molecule has 7 heteroatoms. The standard InChI is InChI=1S/C19H26F2N4O/c20-19(21)6-7-25(14-19)18(26)17-12-16(13-22-17)24-10-8-23(9-11-24)15-4-2-1-3-5-15/h1-5,16-17,22H,6-14H2/t16-,17-/m0/s1. The van der Waals surface area contributed by atoms with E-state index >= 15 is 0 Å². The summed E-state index contributed by atoms with van der Waals surface area (Å²) in [7, 11) is 0. The van der Waals surface area contributed by atoms with Crippen molar-refractivity contribution < 1.29 is 13.6 Å². The van der Waals surface area contributed by atoms with Gasteiger partial charge in [-0.2, -0.15) is 0 Å². The average molecular weight is 364 g/mol. The predicted molar refractivity (Wildman–Crippen MR) is 96.6 cm³/mol. The topological polar surface area (TPSA) is 38.8 Å². The molecule has 3 aliphatic rings. The third-order valence-electron chi connectivity index (χ3n) is 5.84. The molecule has 2 atom stereocenters. The normalized spacial score (nSPS) is 29.3. The maximum Gasteiger partial charge on any atom is 0.267 e. The van der Waals surface area contributed by atoms with Gasteiger partial charge in [-0.3, -0.25) is 9.69 Å². The Morgan fingerprint density at radius 1 is 1.08 bits per heavy atom. The zero-order valence-electron chi connectivity index (χ0n) is 14.9. The number of carbonyl (C=O) groups excluding carboxylic acids is 1. The molecular weight excluding hydrogens is 338 g/mol. The molecule has 1 aromatic carbocycles. The fourth-order valence-corrected chi connectivity index (χ4v) is 4.31. The number of piperazine rings is 1. The summed E-state index contributed by atoms with van der Waals surface area (Å²) >= 11 is 0. The Morgan fingerprint density at radius 3 is 2.46 bits per heavy atom.